The molecule has 0 spiro atoms. The quantitative estimate of drug-likeness (QED) is 0.846. The van der Waals surface area contributed by atoms with Crippen molar-refractivity contribution in [1.29, 1.82) is 0 Å². The minimum absolute atomic E-state index is 0.111. The molecule has 0 aliphatic heterocycles. The Morgan fingerprint density at radius 3 is 2.45 bits per heavy atom. The van der Waals surface area contributed by atoms with Crippen LogP contribution in [-0.4, -0.2) is 17.0 Å². The van der Waals surface area contributed by atoms with Crippen molar-refractivity contribution in [2.45, 2.75) is 19.3 Å². The highest BCUT2D eigenvalue weighted by Crippen LogP contribution is 2.25. The third-order valence-corrected chi connectivity index (χ3v) is 3.94. The van der Waals surface area contributed by atoms with Crippen molar-refractivity contribution in [3.8, 4) is 0 Å². The normalized spacial score (nSPS) is 11.7. The molecule has 2 N–H and O–H groups in total. The van der Waals surface area contributed by atoms with Gasteiger partial charge in [-0.25, -0.2) is 0 Å². The maximum absolute atomic E-state index is 12.1. The van der Waals surface area contributed by atoms with Crippen molar-refractivity contribution in [3.63, 3.8) is 0 Å². The first kappa shape index (κ1) is 16.2. The van der Waals surface area contributed by atoms with Crippen LogP contribution < -0.4 is 5.32 Å². The molecule has 1 unspecified atom stereocenters. The largest absolute Gasteiger partial charge is 0.481 e. The molecule has 0 heterocycles. The number of carboxylic acid groups (broad SMARTS) is 1. The van der Waals surface area contributed by atoms with Crippen LogP contribution in [0, 0.1) is 6.92 Å². The van der Waals surface area contributed by atoms with Gasteiger partial charge in [-0.1, -0.05) is 36.4 Å². The number of nitrogens with one attached hydrogen (secondary N) is 1. The molecule has 0 saturated carbocycles. The number of aliphatic carboxylic acids is 1. The van der Waals surface area contributed by atoms with Crippen LogP contribution in [-0.2, 0) is 9.59 Å². The number of carbonyl (C=O) groups is 2. The average molecular weight is 362 g/mol. The Labute approximate surface area is 137 Å². The SMILES string of the molecule is Cc1ccc(NC(=O)CC(C(=O)O)c2ccccc2)c(Br)c1. The summed E-state index contributed by atoms with van der Waals surface area (Å²) in [7, 11) is 0. The van der Waals surface area contributed by atoms with Gasteiger partial charge in [0.1, 0.15) is 0 Å². The van der Waals surface area contributed by atoms with E-state index < -0.39 is 11.9 Å². The molecule has 1 atom stereocenters. The Morgan fingerprint density at radius 2 is 1.86 bits per heavy atom. The summed E-state index contributed by atoms with van der Waals surface area (Å²) in [4.78, 5) is 23.6. The summed E-state index contributed by atoms with van der Waals surface area (Å²) in [5.41, 5.74) is 2.32. The number of halogens is 1. The number of aryl methyl sites for hydroxylation is 1. The lowest BCUT2D eigenvalue weighted by atomic mass is 9.95. The van der Waals surface area contributed by atoms with Crippen molar-refractivity contribution >= 4 is 33.5 Å². The molecule has 0 aliphatic rings. The molecular formula is C17H16BrNO3. The van der Waals surface area contributed by atoms with Gasteiger partial charge < -0.3 is 10.4 Å². The van der Waals surface area contributed by atoms with Crippen molar-refractivity contribution in [1.82, 2.24) is 0 Å². The second-order valence-corrected chi connectivity index (χ2v) is 5.89. The van der Waals surface area contributed by atoms with Gasteiger partial charge in [-0.3, -0.25) is 9.59 Å². The maximum atomic E-state index is 12.1. The smallest absolute Gasteiger partial charge is 0.311 e. The van der Waals surface area contributed by atoms with E-state index in [0.717, 1.165) is 10.0 Å². The van der Waals surface area contributed by atoms with Crippen LogP contribution in [0.2, 0.25) is 0 Å². The van der Waals surface area contributed by atoms with E-state index in [4.69, 9.17) is 0 Å². The van der Waals surface area contributed by atoms with E-state index in [1.165, 1.54) is 0 Å². The number of carboxylic acids is 1. The standard InChI is InChI=1S/C17H16BrNO3/c1-11-7-8-15(14(18)9-11)19-16(20)10-13(17(21)22)12-5-3-2-4-6-12/h2-9,13H,10H2,1H3,(H,19,20)(H,21,22). The second-order valence-electron chi connectivity index (χ2n) is 5.04. The van der Waals surface area contributed by atoms with E-state index in [0.29, 0.717) is 11.3 Å². The molecule has 114 valence electrons. The van der Waals surface area contributed by atoms with Crippen LogP contribution in [0.1, 0.15) is 23.5 Å². The summed E-state index contributed by atoms with van der Waals surface area (Å²) in [6, 6.07) is 14.3. The molecule has 4 nitrogen and oxygen atoms in total. The van der Waals surface area contributed by atoms with E-state index in [1.54, 1.807) is 30.3 Å². The van der Waals surface area contributed by atoms with Crippen LogP contribution in [0.15, 0.2) is 53.0 Å². The molecule has 5 heteroatoms. The number of hydrogen-bond acceptors (Lipinski definition) is 2. The summed E-state index contributed by atoms with van der Waals surface area (Å²) in [5.74, 6) is -2.20. The van der Waals surface area contributed by atoms with Crippen LogP contribution >= 0.6 is 15.9 Å². The molecule has 0 radical (unpaired) electrons. The number of anilines is 1. The number of carbonyl (C=O) groups excluding carboxylic acids is 1. The van der Waals surface area contributed by atoms with Gasteiger partial charge in [-0.2, -0.15) is 0 Å². The summed E-state index contributed by atoms with van der Waals surface area (Å²) >= 11 is 3.38. The van der Waals surface area contributed by atoms with Crippen LogP contribution in [0.25, 0.3) is 0 Å². The Kier molecular flexibility index (Phi) is 5.33. The number of rotatable bonds is 5. The van der Waals surface area contributed by atoms with Crippen LogP contribution in [0.4, 0.5) is 5.69 Å². The molecule has 2 aromatic carbocycles. The van der Waals surface area contributed by atoms with E-state index in [1.807, 2.05) is 25.1 Å². The van der Waals surface area contributed by atoms with Crippen molar-refractivity contribution in [2.75, 3.05) is 5.32 Å². The number of hydrogen-bond donors (Lipinski definition) is 2. The van der Waals surface area contributed by atoms with Crippen molar-refractivity contribution < 1.29 is 14.7 Å². The number of benzene rings is 2. The average Bonchev–Trinajstić information content (AvgIpc) is 2.48. The zero-order valence-corrected chi connectivity index (χ0v) is 13.6. The molecule has 2 rings (SSSR count). The molecule has 22 heavy (non-hydrogen) atoms. The molecule has 0 bridgehead atoms. The van der Waals surface area contributed by atoms with E-state index in [-0.39, 0.29) is 12.3 Å². The summed E-state index contributed by atoms with van der Waals surface area (Å²) in [6.45, 7) is 1.95. The third-order valence-electron chi connectivity index (χ3n) is 3.29. The van der Waals surface area contributed by atoms with E-state index in [9.17, 15) is 14.7 Å². The summed E-state index contributed by atoms with van der Waals surface area (Å²) < 4.78 is 0.771. The van der Waals surface area contributed by atoms with E-state index >= 15 is 0 Å². The van der Waals surface area contributed by atoms with Gasteiger partial charge in [0.05, 0.1) is 11.6 Å². The van der Waals surface area contributed by atoms with Crippen LogP contribution in [0.5, 0.6) is 0 Å². The Balaban J connectivity index is 2.10. The molecule has 2 aromatic rings. The zero-order chi connectivity index (χ0) is 16.1. The lowest BCUT2D eigenvalue weighted by Crippen LogP contribution is -2.21. The predicted octanol–water partition coefficient (Wildman–Crippen LogP) is 3.95. The highest BCUT2D eigenvalue weighted by Gasteiger charge is 2.23. The van der Waals surface area contributed by atoms with Gasteiger partial charge in [-0.15, -0.1) is 0 Å². The fraction of sp³-hybridized carbons (Fsp3) is 0.176. The Bertz CT molecular complexity index is 686. The number of amides is 1. The second kappa shape index (κ2) is 7.22. The fourth-order valence-electron chi connectivity index (χ4n) is 2.14. The first-order chi connectivity index (χ1) is 10.5. The highest BCUT2D eigenvalue weighted by molar-refractivity contribution is 9.10. The van der Waals surface area contributed by atoms with Crippen molar-refractivity contribution in [3.05, 3.63) is 64.1 Å². The zero-order valence-electron chi connectivity index (χ0n) is 12.0. The molecule has 0 aliphatic carbocycles. The first-order valence-electron chi connectivity index (χ1n) is 6.81. The van der Waals surface area contributed by atoms with Gasteiger partial charge in [0, 0.05) is 10.9 Å². The molecular weight excluding hydrogens is 346 g/mol. The van der Waals surface area contributed by atoms with Gasteiger partial charge in [0.15, 0.2) is 0 Å². The van der Waals surface area contributed by atoms with Crippen molar-refractivity contribution in [2.24, 2.45) is 0 Å². The first-order valence-corrected chi connectivity index (χ1v) is 7.60. The minimum Gasteiger partial charge on any atom is -0.481 e. The minimum atomic E-state index is -1.01. The van der Waals surface area contributed by atoms with Gasteiger partial charge in [0.2, 0.25) is 5.91 Å². The fourth-order valence-corrected chi connectivity index (χ4v) is 2.73. The lowest BCUT2D eigenvalue weighted by molar-refractivity contribution is -0.140. The Morgan fingerprint density at radius 1 is 1.18 bits per heavy atom. The summed E-state index contributed by atoms with van der Waals surface area (Å²) in [6.07, 6.45) is -0.111. The van der Waals surface area contributed by atoms with Gasteiger partial charge in [0.25, 0.3) is 0 Å². The predicted molar refractivity (Wildman–Crippen MR) is 88.9 cm³/mol. The lowest BCUT2D eigenvalue weighted by Gasteiger charge is -2.13. The van der Waals surface area contributed by atoms with Crippen LogP contribution in [0.3, 0.4) is 0 Å². The molecule has 0 fully saturated rings. The van der Waals surface area contributed by atoms with E-state index in [2.05, 4.69) is 21.2 Å². The topological polar surface area (TPSA) is 66.4 Å². The van der Waals surface area contributed by atoms with Gasteiger partial charge in [-0.05, 0) is 46.1 Å². The monoisotopic (exact) mass is 361 g/mol. The molecule has 1 amide bonds. The summed E-state index contributed by atoms with van der Waals surface area (Å²) in [5, 5.41) is 12.1. The highest BCUT2D eigenvalue weighted by atomic mass is 79.9. The molecule has 0 aromatic heterocycles. The maximum Gasteiger partial charge on any atom is 0.311 e. The van der Waals surface area contributed by atoms with Gasteiger partial charge >= 0.3 is 5.97 Å². The third kappa shape index (κ3) is 4.18. The molecule has 0 saturated heterocycles. The Hall–Kier alpha value is -2.14.